The van der Waals surface area contributed by atoms with Gasteiger partial charge in [-0.1, -0.05) is 62.4 Å². The molecule has 0 saturated heterocycles. The molecular formula is C20H30O. The van der Waals surface area contributed by atoms with Crippen LogP contribution < -0.4 is 4.74 Å². The quantitative estimate of drug-likeness (QED) is 0.599. The van der Waals surface area contributed by atoms with Crippen molar-refractivity contribution in [3.8, 4) is 5.75 Å². The third-order valence-corrected chi connectivity index (χ3v) is 2.87. The summed E-state index contributed by atoms with van der Waals surface area (Å²) < 4.78 is 4.91. The predicted octanol–water partition coefficient (Wildman–Crippen LogP) is 6.20. The second-order valence-electron chi connectivity index (χ2n) is 4.91. The van der Waals surface area contributed by atoms with E-state index in [-0.39, 0.29) is 0 Å². The van der Waals surface area contributed by atoms with Crippen molar-refractivity contribution < 1.29 is 4.74 Å². The van der Waals surface area contributed by atoms with E-state index in [1.165, 1.54) is 24.0 Å². The average molecular weight is 286 g/mol. The minimum Gasteiger partial charge on any atom is -0.497 e. The number of para-hydroxylation sites is 1. The molecule has 116 valence electrons. The molecule has 0 heterocycles. The van der Waals surface area contributed by atoms with E-state index in [0.29, 0.717) is 0 Å². The monoisotopic (exact) mass is 286 g/mol. The van der Waals surface area contributed by atoms with E-state index in [0.717, 1.165) is 11.7 Å². The van der Waals surface area contributed by atoms with E-state index in [4.69, 9.17) is 4.74 Å². The molecule has 1 aromatic carbocycles. The Kier molecular flexibility index (Phi) is 11.0. The number of rotatable bonds is 4. The third-order valence-electron chi connectivity index (χ3n) is 2.87. The van der Waals surface area contributed by atoms with Gasteiger partial charge in [-0.2, -0.15) is 0 Å². The van der Waals surface area contributed by atoms with Crippen molar-refractivity contribution in [3.63, 3.8) is 0 Å². The molecule has 0 unspecified atom stereocenters. The van der Waals surface area contributed by atoms with Crippen LogP contribution in [0.4, 0.5) is 0 Å². The fourth-order valence-electron chi connectivity index (χ4n) is 1.61. The van der Waals surface area contributed by atoms with E-state index in [9.17, 15) is 0 Å². The van der Waals surface area contributed by atoms with Crippen LogP contribution >= 0.6 is 0 Å². The molecule has 1 aliphatic carbocycles. The number of hydrogen-bond donors (Lipinski definition) is 0. The van der Waals surface area contributed by atoms with Gasteiger partial charge in [-0.05, 0) is 50.3 Å². The molecule has 0 aliphatic heterocycles. The number of benzene rings is 1. The van der Waals surface area contributed by atoms with Gasteiger partial charge >= 0.3 is 0 Å². The van der Waals surface area contributed by atoms with Crippen LogP contribution in [0.15, 0.2) is 66.3 Å². The van der Waals surface area contributed by atoms with Gasteiger partial charge < -0.3 is 4.74 Å². The van der Waals surface area contributed by atoms with Gasteiger partial charge in [0, 0.05) is 0 Å². The van der Waals surface area contributed by atoms with E-state index in [1.807, 2.05) is 50.3 Å². The lowest BCUT2D eigenvalue weighted by Gasteiger charge is -1.94. The molecule has 0 aromatic heterocycles. The fourth-order valence-corrected chi connectivity index (χ4v) is 1.61. The minimum absolute atomic E-state index is 0.822. The highest BCUT2D eigenvalue weighted by Crippen LogP contribution is 2.36. The van der Waals surface area contributed by atoms with Crippen LogP contribution in [0.2, 0.25) is 0 Å². The molecule has 0 amide bonds. The third kappa shape index (κ3) is 9.73. The van der Waals surface area contributed by atoms with Crippen LogP contribution in [0.1, 0.15) is 40.5 Å². The molecule has 0 bridgehead atoms. The zero-order chi connectivity index (χ0) is 16.1. The van der Waals surface area contributed by atoms with E-state index < -0.39 is 0 Å². The average Bonchev–Trinajstić information content (AvgIpc) is 3.36. The maximum Gasteiger partial charge on any atom is 0.118 e. The van der Waals surface area contributed by atoms with Crippen LogP contribution in [0.5, 0.6) is 5.75 Å². The first kappa shape index (κ1) is 19.2. The molecule has 1 aliphatic rings. The summed E-state index contributed by atoms with van der Waals surface area (Å²) in [7, 11) is 1.66. The minimum atomic E-state index is 0.822. The van der Waals surface area contributed by atoms with Crippen molar-refractivity contribution in [1.29, 1.82) is 0 Å². The number of hydrogen-bond acceptors (Lipinski definition) is 1. The molecule has 2 rings (SSSR count). The maximum absolute atomic E-state index is 4.91. The fraction of sp³-hybridized carbons (Fsp3) is 0.400. The molecule has 1 aromatic rings. The normalized spacial score (nSPS) is 12.9. The summed E-state index contributed by atoms with van der Waals surface area (Å²) in [6, 6.07) is 9.68. The Balaban J connectivity index is 0.000000354. The molecule has 0 radical (unpaired) electrons. The first-order valence-electron chi connectivity index (χ1n) is 7.74. The molecule has 1 heteroatoms. The summed E-state index contributed by atoms with van der Waals surface area (Å²) in [6.07, 6.45) is 9.05. The van der Waals surface area contributed by atoms with Crippen molar-refractivity contribution in [1.82, 2.24) is 0 Å². The van der Waals surface area contributed by atoms with Crippen LogP contribution in [0.25, 0.3) is 0 Å². The predicted molar refractivity (Wildman–Crippen MR) is 94.8 cm³/mol. The second kappa shape index (κ2) is 12.0. The molecular weight excluding hydrogens is 256 g/mol. The van der Waals surface area contributed by atoms with Gasteiger partial charge in [0.05, 0.1) is 7.11 Å². The number of methoxy groups -OCH3 is 1. The number of allylic oxidation sites excluding steroid dienone is 5. The maximum atomic E-state index is 4.91. The zero-order valence-electron chi connectivity index (χ0n) is 14.2. The highest BCUT2D eigenvalue weighted by Gasteiger charge is 2.23. The largest absolute Gasteiger partial charge is 0.497 e. The van der Waals surface area contributed by atoms with Crippen molar-refractivity contribution >= 4 is 0 Å². The SMILES string of the molecule is C=C/C(=C\C=C(C)C)C1CC1.CC.COc1ccccc1. The Hall–Kier alpha value is -1.76. The molecule has 0 atom stereocenters. The van der Waals surface area contributed by atoms with E-state index in [1.54, 1.807) is 7.11 Å². The van der Waals surface area contributed by atoms with Gasteiger partial charge in [-0.3, -0.25) is 0 Å². The molecule has 0 spiro atoms. The molecule has 1 nitrogen and oxygen atoms in total. The lowest BCUT2D eigenvalue weighted by molar-refractivity contribution is 0.415. The van der Waals surface area contributed by atoms with Gasteiger partial charge in [0.25, 0.3) is 0 Å². The topological polar surface area (TPSA) is 9.23 Å². The smallest absolute Gasteiger partial charge is 0.118 e. The van der Waals surface area contributed by atoms with Gasteiger partial charge in [0.2, 0.25) is 0 Å². The van der Waals surface area contributed by atoms with Crippen LogP contribution in [-0.4, -0.2) is 7.11 Å². The Bertz CT molecular complexity index is 432. The summed E-state index contributed by atoms with van der Waals surface area (Å²) in [5.41, 5.74) is 2.76. The lowest BCUT2D eigenvalue weighted by Crippen LogP contribution is -1.78. The van der Waals surface area contributed by atoms with Crippen LogP contribution in [0, 0.1) is 5.92 Å². The first-order chi connectivity index (χ1) is 10.2. The standard InChI is InChI=1S/C11H16.C7H8O.C2H6/c1-4-10(11-7-8-11)6-5-9(2)3;1-8-7-5-3-2-4-6-7;1-2/h4-6,11H,1,7-8H2,2-3H3;2-6H,1H3;1-2H3/b10-6+;;. The van der Waals surface area contributed by atoms with E-state index >= 15 is 0 Å². The first-order valence-corrected chi connectivity index (χ1v) is 7.74. The summed E-state index contributed by atoms with van der Waals surface area (Å²) in [5.74, 6) is 1.73. The Morgan fingerprint density at radius 3 is 2.00 bits per heavy atom. The molecule has 1 fully saturated rings. The molecule has 0 N–H and O–H groups in total. The van der Waals surface area contributed by atoms with Gasteiger partial charge in [0.1, 0.15) is 5.75 Å². The lowest BCUT2D eigenvalue weighted by atomic mass is 10.1. The van der Waals surface area contributed by atoms with Gasteiger partial charge in [-0.25, -0.2) is 0 Å². The highest BCUT2D eigenvalue weighted by molar-refractivity contribution is 5.28. The van der Waals surface area contributed by atoms with Crippen molar-refractivity contribution in [2.24, 2.45) is 5.92 Å². The van der Waals surface area contributed by atoms with Gasteiger partial charge in [0.15, 0.2) is 0 Å². The van der Waals surface area contributed by atoms with Crippen molar-refractivity contribution in [2.45, 2.75) is 40.5 Å². The van der Waals surface area contributed by atoms with E-state index in [2.05, 4.69) is 32.6 Å². The highest BCUT2D eigenvalue weighted by atomic mass is 16.5. The second-order valence-corrected chi connectivity index (χ2v) is 4.91. The Morgan fingerprint density at radius 1 is 1.10 bits per heavy atom. The summed E-state index contributed by atoms with van der Waals surface area (Å²) in [6.45, 7) is 12.0. The van der Waals surface area contributed by atoms with Crippen molar-refractivity contribution in [2.75, 3.05) is 7.11 Å². The van der Waals surface area contributed by atoms with Crippen molar-refractivity contribution in [3.05, 3.63) is 66.3 Å². The Morgan fingerprint density at radius 2 is 1.67 bits per heavy atom. The molecule has 1 saturated carbocycles. The Labute approximate surface area is 131 Å². The zero-order valence-corrected chi connectivity index (χ0v) is 14.2. The summed E-state index contributed by atoms with van der Waals surface area (Å²) in [5, 5.41) is 0. The summed E-state index contributed by atoms with van der Waals surface area (Å²) in [4.78, 5) is 0. The van der Waals surface area contributed by atoms with Crippen LogP contribution in [-0.2, 0) is 0 Å². The summed E-state index contributed by atoms with van der Waals surface area (Å²) >= 11 is 0. The number of ether oxygens (including phenoxy) is 1. The van der Waals surface area contributed by atoms with Gasteiger partial charge in [-0.15, -0.1) is 0 Å². The molecule has 21 heavy (non-hydrogen) atoms. The van der Waals surface area contributed by atoms with Crippen LogP contribution in [0.3, 0.4) is 0 Å².